The number of hydrogen-bond acceptors (Lipinski definition) is 7. The molecular weight excluding hydrogens is 361 g/mol. The van der Waals surface area contributed by atoms with Gasteiger partial charge >= 0.3 is 0 Å². The first kappa shape index (κ1) is 21.0. The van der Waals surface area contributed by atoms with E-state index in [0.29, 0.717) is 0 Å². The van der Waals surface area contributed by atoms with Crippen LogP contribution in [0.2, 0.25) is 0 Å². The predicted octanol–water partition coefficient (Wildman–Crippen LogP) is 0.709. The Morgan fingerprint density at radius 2 is 1.88 bits per heavy atom. The monoisotopic (exact) mass is 387 g/mol. The number of hydrogen-bond donors (Lipinski definition) is 3. The van der Waals surface area contributed by atoms with Gasteiger partial charge in [-0.15, -0.1) is 0 Å². The van der Waals surface area contributed by atoms with Crippen LogP contribution in [-0.4, -0.2) is 66.7 Å². The van der Waals surface area contributed by atoms with Crippen LogP contribution in [0, 0.1) is 0 Å². The van der Waals surface area contributed by atoms with E-state index < -0.39 is 38.0 Å². The van der Waals surface area contributed by atoms with E-state index in [4.69, 9.17) is 14.0 Å². The van der Waals surface area contributed by atoms with Gasteiger partial charge in [-0.1, -0.05) is 30.3 Å². The lowest BCUT2D eigenvalue weighted by atomic mass is 9.97. The quantitative estimate of drug-likeness (QED) is 0.591. The maximum absolute atomic E-state index is 11.7. The molecule has 0 radical (unpaired) electrons. The van der Waals surface area contributed by atoms with Gasteiger partial charge in [0.25, 0.3) is 0 Å². The zero-order chi connectivity index (χ0) is 19.3. The highest BCUT2D eigenvalue weighted by Crippen LogP contribution is 2.38. The molecule has 1 fully saturated rings. The SMILES string of the molecule is CC(=O)N[C@@H]1[C@@H](OCc2ccccc2)O[C@H](COP(C)(C)=O)[C@@H](O)[C@@H]1O. The average molecular weight is 387 g/mol. The van der Waals surface area contributed by atoms with Crippen LogP contribution in [0.15, 0.2) is 30.3 Å². The van der Waals surface area contributed by atoms with Gasteiger partial charge in [-0.05, 0) is 5.56 Å². The Bertz CT molecular complexity index is 635. The van der Waals surface area contributed by atoms with Crippen molar-refractivity contribution >= 4 is 13.3 Å². The smallest absolute Gasteiger partial charge is 0.217 e. The van der Waals surface area contributed by atoms with Crippen molar-refractivity contribution in [1.29, 1.82) is 0 Å². The van der Waals surface area contributed by atoms with Crippen LogP contribution < -0.4 is 5.32 Å². The first-order chi connectivity index (χ1) is 12.2. The van der Waals surface area contributed by atoms with Gasteiger partial charge in [-0.25, -0.2) is 0 Å². The van der Waals surface area contributed by atoms with Crippen LogP contribution in [0.1, 0.15) is 12.5 Å². The van der Waals surface area contributed by atoms with E-state index in [-0.39, 0.29) is 19.1 Å². The van der Waals surface area contributed by atoms with E-state index in [9.17, 15) is 19.6 Å². The molecule has 0 spiro atoms. The maximum Gasteiger partial charge on any atom is 0.217 e. The van der Waals surface area contributed by atoms with E-state index in [1.807, 2.05) is 30.3 Å². The number of aliphatic hydroxyl groups is 2. The molecule has 0 aromatic heterocycles. The molecule has 1 aliphatic rings. The normalized spacial score (nSPS) is 29.3. The number of ether oxygens (including phenoxy) is 2. The Morgan fingerprint density at radius 1 is 1.23 bits per heavy atom. The molecule has 0 unspecified atom stereocenters. The summed E-state index contributed by atoms with van der Waals surface area (Å²) in [6, 6.07) is 8.39. The minimum absolute atomic E-state index is 0.166. The summed E-state index contributed by atoms with van der Waals surface area (Å²) in [7, 11) is -2.78. The summed E-state index contributed by atoms with van der Waals surface area (Å²) >= 11 is 0. The fourth-order valence-corrected chi connectivity index (χ4v) is 3.11. The fourth-order valence-electron chi connectivity index (χ4n) is 2.61. The molecule has 1 aliphatic heterocycles. The molecule has 1 amide bonds. The molecule has 1 heterocycles. The second-order valence-electron chi connectivity index (χ2n) is 6.59. The minimum Gasteiger partial charge on any atom is -0.388 e. The summed E-state index contributed by atoms with van der Waals surface area (Å²) in [6.45, 7) is 4.22. The number of amides is 1. The average Bonchev–Trinajstić information content (AvgIpc) is 2.57. The van der Waals surface area contributed by atoms with Crippen molar-refractivity contribution in [2.75, 3.05) is 19.9 Å². The number of carbonyl (C=O) groups excluding carboxylic acids is 1. The van der Waals surface area contributed by atoms with Crippen molar-refractivity contribution in [2.24, 2.45) is 0 Å². The van der Waals surface area contributed by atoms with Crippen LogP contribution in [0.3, 0.4) is 0 Å². The predicted molar refractivity (Wildman–Crippen MR) is 94.9 cm³/mol. The van der Waals surface area contributed by atoms with E-state index >= 15 is 0 Å². The summed E-state index contributed by atoms with van der Waals surface area (Å²) in [5.41, 5.74) is 0.887. The number of nitrogens with one attached hydrogen (secondary N) is 1. The van der Waals surface area contributed by atoms with Crippen molar-refractivity contribution in [3.05, 3.63) is 35.9 Å². The Balaban J connectivity index is 2.09. The minimum atomic E-state index is -2.78. The fraction of sp³-hybridized carbons (Fsp3) is 0.588. The van der Waals surface area contributed by atoms with Gasteiger partial charge in [0.05, 0.1) is 13.2 Å². The lowest BCUT2D eigenvalue weighted by molar-refractivity contribution is -0.272. The standard InChI is InChI=1S/C17H26NO7P/c1-11(19)18-14-16(21)15(20)13(10-24-26(2,3)22)25-17(14)23-9-12-7-5-4-6-8-12/h4-8,13-17,20-21H,9-10H2,1-3H3,(H,18,19)/t13-,14+,15-,16-,17+/m1/s1. The van der Waals surface area contributed by atoms with Gasteiger partial charge in [0, 0.05) is 20.3 Å². The Hall–Kier alpha value is -1.28. The Kier molecular flexibility index (Phi) is 7.34. The van der Waals surface area contributed by atoms with E-state index in [2.05, 4.69) is 5.32 Å². The van der Waals surface area contributed by atoms with Gasteiger partial charge in [-0.3, -0.25) is 9.36 Å². The lowest BCUT2D eigenvalue weighted by Crippen LogP contribution is -2.64. The number of rotatable bonds is 7. The van der Waals surface area contributed by atoms with Crippen LogP contribution in [0.4, 0.5) is 0 Å². The molecule has 0 aliphatic carbocycles. The molecule has 8 nitrogen and oxygen atoms in total. The molecule has 2 rings (SSSR count). The molecule has 9 heteroatoms. The molecule has 5 atom stereocenters. The highest BCUT2D eigenvalue weighted by atomic mass is 31.2. The molecule has 26 heavy (non-hydrogen) atoms. The second-order valence-corrected chi connectivity index (χ2v) is 9.36. The second kappa shape index (κ2) is 9.08. The van der Waals surface area contributed by atoms with Crippen molar-refractivity contribution in [1.82, 2.24) is 5.32 Å². The van der Waals surface area contributed by atoms with Crippen molar-refractivity contribution in [3.8, 4) is 0 Å². The van der Waals surface area contributed by atoms with Gasteiger partial charge < -0.3 is 29.5 Å². The molecule has 1 aromatic carbocycles. The molecule has 1 saturated heterocycles. The Morgan fingerprint density at radius 3 is 2.46 bits per heavy atom. The highest BCUT2D eigenvalue weighted by Gasteiger charge is 2.46. The third-order valence-corrected chi connectivity index (χ3v) is 4.65. The zero-order valence-electron chi connectivity index (χ0n) is 15.1. The summed E-state index contributed by atoms with van der Waals surface area (Å²) in [6.07, 6.45) is -4.59. The summed E-state index contributed by atoms with van der Waals surface area (Å²) < 4.78 is 28.4. The van der Waals surface area contributed by atoms with Gasteiger partial charge in [0.1, 0.15) is 24.4 Å². The molecule has 1 aromatic rings. The number of aliphatic hydroxyl groups excluding tert-OH is 2. The van der Waals surface area contributed by atoms with Gasteiger partial charge in [0.2, 0.25) is 5.91 Å². The van der Waals surface area contributed by atoms with Crippen molar-refractivity contribution < 1.29 is 33.6 Å². The first-order valence-corrected chi connectivity index (χ1v) is 10.8. The Labute approximate surface area is 152 Å². The summed E-state index contributed by atoms with van der Waals surface area (Å²) in [5.74, 6) is -0.389. The molecule has 3 N–H and O–H groups in total. The summed E-state index contributed by atoms with van der Waals surface area (Å²) in [4.78, 5) is 11.4. The maximum atomic E-state index is 11.7. The highest BCUT2D eigenvalue weighted by molar-refractivity contribution is 7.57. The molecule has 0 saturated carbocycles. The van der Waals surface area contributed by atoms with Crippen molar-refractivity contribution in [2.45, 2.75) is 44.2 Å². The third-order valence-electron chi connectivity index (χ3n) is 3.88. The third kappa shape index (κ3) is 6.16. The van der Waals surface area contributed by atoms with Gasteiger partial charge in [0.15, 0.2) is 13.7 Å². The number of carbonyl (C=O) groups is 1. The van der Waals surface area contributed by atoms with Crippen LogP contribution in [0.25, 0.3) is 0 Å². The van der Waals surface area contributed by atoms with Crippen LogP contribution in [-0.2, 0) is 30.0 Å². The van der Waals surface area contributed by atoms with E-state index in [0.717, 1.165) is 5.56 Å². The largest absolute Gasteiger partial charge is 0.388 e. The summed E-state index contributed by atoms with van der Waals surface area (Å²) in [5, 5.41) is 23.2. The van der Waals surface area contributed by atoms with E-state index in [1.165, 1.54) is 20.3 Å². The van der Waals surface area contributed by atoms with Gasteiger partial charge in [-0.2, -0.15) is 0 Å². The van der Waals surface area contributed by atoms with Crippen molar-refractivity contribution in [3.63, 3.8) is 0 Å². The molecular formula is C17H26NO7P. The van der Waals surface area contributed by atoms with E-state index in [1.54, 1.807) is 0 Å². The zero-order valence-corrected chi connectivity index (χ0v) is 16.0. The number of benzene rings is 1. The molecule has 0 bridgehead atoms. The van der Waals surface area contributed by atoms with Crippen LogP contribution >= 0.6 is 7.37 Å². The first-order valence-electron chi connectivity index (χ1n) is 8.31. The van der Waals surface area contributed by atoms with Crippen LogP contribution in [0.5, 0.6) is 0 Å². The topological polar surface area (TPSA) is 114 Å². The molecule has 146 valence electrons. The lowest BCUT2D eigenvalue weighted by Gasteiger charge is -2.42.